The number of carboxylic acid groups (broad SMARTS) is 1. The van der Waals surface area contributed by atoms with Crippen molar-refractivity contribution >= 4 is 12.0 Å². The van der Waals surface area contributed by atoms with E-state index in [-0.39, 0.29) is 12.5 Å². The summed E-state index contributed by atoms with van der Waals surface area (Å²) in [5.74, 6) is 0.274. The fourth-order valence-corrected chi connectivity index (χ4v) is 2.40. The van der Waals surface area contributed by atoms with E-state index in [4.69, 9.17) is 5.11 Å². The smallest absolute Gasteiger partial charge is 0.326 e. The van der Waals surface area contributed by atoms with Gasteiger partial charge in [-0.1, -0.05) is 19.9 Å². The van der Waals surface area contributed by atoms with Gasteiger partial charge in [-0.05, 0) is 31.1 Å². The van der Waals surface area contributed by atoms with Crippen LogP contribution in [-0.2, 0) is 4.79 Å². The average molecular weight is 268 g/mol. The number of aliphatic carboxylic acids is 1. The molecule has 0 bridgehead atoms. The molecule has 1 heterocycles. The van der Waals surface area contributed by atoms with Crippen molar-refractivity contribution in [1.29, 1.82) is 0 Å². The maximum Gasteiger partial charge on any atom is 0.326 e. The van der Waals surface area contributed by atoms with E-state index in [0.29, 0.717) is 24.9 Å². The molecule has 5 nitrogen and oxygen atoms in total. The number of hydrogen-bond donors (Lipinski definition) is 2. The van der Waals surface area contributed by atoms with Gasteiger partial charge in [0.25, 0.3) is 0 Å². The molecule has 5 heteroatoms. The van der Waals surface area contributed by atoms with Gasteiger partial charge in [-0.25, -0.2) is 9.59 Å². The molecule has 19 heavy (non-hydrogen) atoms. The number of carbonyl (C=O) groups is 2. The van der Waals surface area contributed by atoms with E-state index in [2.05, 4.69) is 25.7 Å². The van der Waals surface area contributed by atoms with Crippen molar-refractivity contribution in [3.8, 4) is 0 Å². The second kappa shape index (κ2) is 7.16. The van der Waals surface area contributed by atoms with Crippen LogP contribution in [0.5, 0.6) is 0 Å². The standard InChI is InChI=1S/C14H24N2O3/c1-4-5-12(13(17)18)15-14(19)16-8-6-11(7-9-16)10(2)3/h4,10-12H,1,5-9H2,2-3H3,(H,15,19)(H,17,18). The lowest BCUT2D eigenvalue weighted by Gasteiger charge is -2.34. The molecule has 1 rings (SSSR count). The number of urea groups is 1. The van der Waals surface area contributed by atoms with Crippen LogP contribution in [0, 0.1) is 11.8 Å². The van der Waals surface area contributed by atoms with Crippen LogP contribution in [0.4, 0.5) is 4.79 Å². The van der Waals surface area contributed by atoms with E-state index in [1.165, 1.54) is 6.08 Å². The molecule has 1 saturated heterocycles. The number of likely N-dealkylation sites (tertiary alicyclic amines) is 1. The highest BCUT2D eigenvalue weighted by molar-refractivity contribution is 5.82. The molecule has 0 aliphatic carbocycles. The Hall–Kier alpha value is -1.52. The van der Waals surface area contributed by atoms with Gasteiger partial charge in [0.15, 0.2) is 0 Å². The third kappa shape index (κ3) is 4.58. The van der Waals surface area contributed by atoms with Gasteiger partial charge < -0.3 is 15.3 Å². The number of carboxylic acids is 1. The Morgan fingerprint density at radius 1 is 1.42 bits per heavy atom. The lowest BCUT2D eigenvalue weighted by atomic mass is 9.87. The zero-order valence-electron chi connectivity index (χ0n) is 11.8. The van der Waals surface area contributed by atoms with Gasteiger partial charge in [-0.2, -0.15) is 0 Å². The predicted octanol–water partition coefficient (Wildman–Crippen LogP) is 2.09. The summed E-state index contributed by atoms with van der Waals surface area (Å²) >= 11 is 0. The zero-order valence-corrected chi connectivity index (χ0v) is 11.8. The first kappa shape index (κ1) is 15.5. The molecule has 0 spiro atoms. The molecule has 0 radical (unpaired) electrons. The number of rotatable bonds is 5. The fourth-order valence-electron chi connectivity index (χ4n) is 2.40. The average Bonchev–Trinajstić information content (AvgIpc) is 2.38. The van der Waals surface area contributed by atoms with E-state index in [0.717, 1.165) is 12.8 Å². The van der Waals surface area contributed by atoms with Gasteiger partial charge in [0.2, 0.25) is 0 Å². The molecule has 2 amide bonds. The molecule has 1 atom stereocenters. The second-order valence-electron chi connectivity index (χ2n) is 5.43. The van der Waals surface area contributed by atoms with Crippen molar-refractivity contribution < 1.29 is 14.7 Å². The van der Waals surface area contributed by atoms with E-state index in [1.54, 1.807) is 4.90 Å². The van der Waals surface area contributed by atoms with Crippen LogP contribution in [0.2, 0.25) is 0 Å². The molecule has 1 unspecified atom stereocenters. The van der Waals surface area contributed by atoms with Crippen LogP contribution < -0.4 is 5.32 Å². The first-order valence-corrected chi connectivity index (χ1v) is 6.84. The zero-order chi connectivity index (χ0) is 14.4. The largest absolute Gasteiger partial charge is 0.480 e. The van der Waals surface area contributed by atoms with Gasteiger partial charge in [0, 0.05) is 13.1 Å². The number of nitrogens with one attached hydrogen (secondary N) is 1. The minimum atomic E-state index is -1.02. The lowest BCUT2D eigenvalue weighted by molar-refractivity contribution is -0.139. The molecule has 0 aromatic rings. The summed E-state index contributed by atoms with van der Waals surface area (Å²) in [7, 11) is 0. The highest BCUT2D eigenvalue weighted by Crippen LogP contribution is 2.24. The van der Waals surface area contributed by atoms with E-state index < -0.39 is 12.0 Å². The monoisotopic (exact) mass is 268 g/mol. The maximum atomic E-state index is 12.0. The molecular formula is C14H24N2O3. The Morgan fingerprint density at radius 2 is 2.00 bits per heavy atom. The number of amides is 2. The summed E-state index contributed by atoms with van der Waals surface area (Å²) < 4.78 is 0. The molecule has 1 fully saturated rings. The third-order valence-corrected chi connectivity index (χ3v) is 3.77. The number of piperidine rings is 1. The van der Waals surface area contributed by atoms with Crippen LogP contribution in [0.15, 0.2) is 12.7 Å². The lowest BCUT2D eigenvalue weighted by Crippen LogP contribution is -2.50. The highest BCUT2D eigenvalue weighted by Gasteiger charge is 2.27. The van der Waals surface area contributed by atoms with Crippen molar-refractivity contribution in [3.63, 3.8) is 0 Å². The van der Waals surface area contributed by atoms with Gasteiger partial charge in [-0.3, -0.25) is 0 Å². The summed E-state index contributed by atoms with van der Waals surface area (Å²) in [4.78, 5) is 24.7. The van der Waals surface area contributed by atoms with Crippen molar-refractivity contribution in [3.05, 3.63) is 12.7 Å². The van der Waals surface area contributed by atoms with Crippen molar-refractivity contribution in [1.82, 2.24) is 10.2 Å². The Kier molecular flexibility index (Phi) is 5.86. The molecule has 2 N–H and O–H groups in total. The second-order valence-corrected chi connectivity index (χ2v) is 5.43. The Labute approximate surface area is 114 Å². The van der Waals surface area contributed by atoms with Crippen LogP contribution in [-0.4, -0.2) is 41.1 Å². The third-order valence-electron chi connectivity index (χ3n) is 3.77. The van der Waals surface area contributed by atoms with Gasteiger partial charge >= 0.3 is 12.0 Å². The first-order valence-electron chi connectivity index (χ1n) is 6.84. The maximum absolute atomic E-state index is 12.0. The summed E-state index contributed by atoms with van der Waals surface area (Å²) in [5, 5.41) is 11.5. The van der Waals surface area contributed by atoms with Gasteiger partial charge in [0.1, 0.15) is 6.04 Å². The summed E-state index contributed by atoms with van der Waals surface area (Å²) in [6.07, 6.45) is 3.72. The van der Waals surface area contributed by atoms with Gasteiger partial charge in [-0.15, -0.1) is 6.58 Å². The topological polar surface area (TPSA) is 69.6 Å². The van der Waals surface area contributed by atoms with Crippen LogP contribution >= 0.6 is 0 Å². The number of hydrogen-bond acceptors (Lipinski definition) is 2. The van der Waals surface area contributed by atoms with Gasteiger partial charge in [0.05, 0.1) is 0 Å². The van der Waals surface area contributed by atoms with Crippen LogP contribution in [0.25, 0.3) is 0 Å². The van der Waals surface area contributed by atoms with Crippen molar-refractivity contribution in [2.75, 3.05) is 13.1 Å². The number of carbonyl (C=O) groups excluding carboxylic acids is 1. The molecule has 0 aromatic heterocycles. The predicted molar refractivity (Wildman–Crippen MR) is 73.9 cm³/mol. The summed E-state index contributed by atoms with van der Waals surface area (Å²) in [5.41, 5.74) is 0. The molecule has 1 aliphatic rings. The van der Waals surface area contributed by atoms with E-state index in [1.807, 2.05) is 0 Å². The molecule has 0 saturated carbocycles. The molecular weight excluding hydrogens is 244 g/mol. The quantitative estimate of drug-likeness (QED) is 0.750. The Balaban J connectivity index is 2.46. The highest BCUT2D eigenvalue weighted by atomic mass is 16.4. The van der Waals surface area contributed by atoms with Crippen molar-refractivity contribution in [2.24, 2.45) is 11.8 Å². The van der Waals surface area contributed by atoms with E-state index >= 15 is 0 Å². The number of nitrogens with zero attached hydrogens (tertiary/aromatic N) is 1. The summed E-state index contributed by atoms with van der Waals surface area (Å²) in [6.45, 7) is 9.31. The van der Waals surface area contributed by atoms with E-state index in [9.17, 15) is 9.59 Å². The first-order chi connectivity index (χ1) is 8.95. The fraction of sp³-hybridized carbons (Fsp3) is 0.714. The molecule has 0 aromatic carbocycles. The molecule has 1 aliphatic heterocycles. The minimum Gasteiger partial charge on any atom is -0.480 e. The molecule has 108 valence electrons. The Morgan fingerprint density at radius 3 is 2.42 bits per heavy atom. The Bertz CT molecular complexity index is 334. The normalized spacial score (nSPS) is 18.2. The van der Waals surface area contributed by atoms with Crippen molar-refractivity contribution in [2.45, 2.75) is 39.2 Å². The minimum absolute atomic E-state index is 0.240. The van der Waals surface area contributed by atoms with Crippen LogP contribution in [0.3, 0.4) is 0 Å². The summed E-state index contributed by atoms with van der Waals surface area (Å²) in [6, 6.07) is -1.16. The van der Waals surface area contributed by atoms with Crippen LogP contribution in [0.1, 0.15) is 33.1 Å². The SMILES string of the molecule is C=CCC(NC(=O)N1CCC(C(C)C)CC1)C(=O)O.